The molecule has 1 aromatic heterocycles. The number of anilines is 2. The number of ether oxygens (including phenoxy) is 2. The van der Waals surface area contributed by atoms with Gasteiger partial charge in [0.2, 0.25) is 5.95 Å². The van der Waals surface area contributed by atoms with Gasteiger partial charge in [0.25, 0.3) is 0 Å². The van der Waals surface area contributed by atoms with Gasteiger partial charge in [0.15, 0.2) is 5.82 Å². The molecule has 0 saturated carbocycles. The molecule has 0 amide bonds. The number of aromatic nitrogens is 3. The summed E-state index contributed by atoms with van der Waals surface area (Å²) in [4.78, 5) is 6.31. The molecule has 1 fully saturated rings. The van der Waals surface area contributed by atoms with Crippen molar-refractivity contribution < 1.29 is 14.6 Å². The second-order valence-corrected chi connectivity index (χ2v) is 7.03. The molecule has 0 spiro atoms. The van der Waals surface area contributed by atoms with Gasteiger partial charge in [0.1, 0.15) is 11.8 Å². The van der Waals surface area contributed by atoms with Crippen molar-refractivity contribution in [2.45, 2.75) is 18.6 Å². The number of nitrogen functional groups attached to an aromatic ring is 1. The maximum atomic E-state index is 9.67. The van der Waals surface area contributed by atoms with Crippen LogP contribution in [0.15, 0.2) is 18.2 Å². The molecule has 3 N–H and O–H groups in total. The van der Waals surface area contributed by atoms with Crippen molar-refractivity contribution in [1.82, 2.24) is 15.2 Å². The first-order valence-electron chi connectivity index (χ1n) is 8.47. The minimum Gasteiger partial charge on any atom is -0.388 e. The van der Waals surface area contributed by atoms with Crippen molar-refractivity contribution in [2.75, 3.05) is 44.0 Å². The minimum absolute atomic E-state index is 0.0246. The van der Waals surface area contributed by atoms with Gasteiger partial charge < -0.3 is 25.2 Å². The fourth-order valence-electron chi connectivity index (χ4n) is 2.88. The molecule has 1 unspecified atom stereocenters. The van der Waals surface area contributed by atoms with Crippen LogP contribution in [-0.2, 0) is 9.47 Å². The molecule has 146 valence electrons. The summed E-state index contributed by atoms with van der Waals surface area (Å²) in [6, 6.07) is 5.22. The van der Waals surface area contributed by atoms with Gasteiger partial charge in [0, 0.05) is 25.8 Å². The Kier molecular flexibility index (Phi) is 6.67. The van der Waals surface area contributed by atoms with Crippen molar-refractivity contribution in [3.8, 4) is 11.3 Å². The zero-order valence-corrected chi connectivity index (χ0v) is 16.3. The summed E-state index contributed by atoms with van der Waals surface area (Å²) in [6.45, 7) is 1.77. The molecule has 27 heavy (non-hydrogen) atoms. The maximum Gasteiger partial charge on any atom is 0.247 e. The molecule has 2 aromatic rings. The van der Waals surface area contributed by atoms with Gasteiger partial charge in [-0.25, -0.2) is 0 Å². The molecule has 0 aliphatic carbocycles. The first-order chi connectivity index (χ1) is 13.0. The summed E-state index contributed by atoms with van der Waals surface area (Å²) in [6.07, 6.45) is 0.132. The number of hydrogen-bond acceptors (Lipinski definition) is 8. The molecule has 10 heteroatoms. The molecule has 0 bridgehead atoms. The van der Waals surface area contributed by atoms with E-state index in [9.17, 15) is 5.11 Å². The fourth-order valence-corrected chi connectivity index (χ4v) is 3.27. The lowest BCUT2D eigenvalue weighted by Crippen LogP contribution is -2.28. The lowest BCUT2D eigenvalue weighted by atomic mass is 10.1. The van der Waals surface area contributed by atoms with Gasteiger partial charge in [-0.1, -0.05) is 35.3 Å². The Hall–Kier alpha value is -1.71. The molecule has 0 radical (unpaired) electrons. The second-order valence-electron chi connectivity index (χ2n) is 6.25. The van der Waals surface area contributed by atoms with Gasteiger partial charge in [-0.3, -0.25) is 0 Å². The number of halogens is 2. The number of methoxy groups -OCH3 is 1. The fraction of sp³-hybridized carbons (Fsp3) is 0.471. The molecule has 2 atom stereocenters. The highest BCUT2D eigenvalue weighted by atomic mass is 35.5. The lowest BCUT2D eigenvalue weighted by Gasteiger charge is -2.18. The van der Waals surface area contributed by atoms with Gasteiger partial charge in [0.05, 0.1) is 29.4 Å². The number of nitrogens with zero attached hydrogens (tertiary/aromatic N) is 4. The topological polar surface area (TPSA) is 107 Å². The zero-order chi connectivity index (χ0) is 19.4. The smallest absolute Gasteiger partial charge is 0.247 e. The van der Waals surface area contributed by atoms with Crippen LogP contribution in [0.2, 0.25) is 10.0 Å². The van der Waals surface area contributed by atoms with E-state index in [2.05, 4.69) is 15.2 Å². The first kappa shape index (κ1) is 20.0. The number of benzene rings is 1. The summed E-state index contributed by atoms with van der Waals surface area (Å²) in [7, 11) is 1.54. The number of rotatable bonds is 7. The Balaban J connectivity index is 1.67. The van der Waals surface area contributed by atoms with E-state index in [4.69, 9.17) is 38.4 Å². The van der Waals surface area contributed by atoms with Crippen LogP contribution < -0.4 is 10.6 Å². The predicted molar refractivity (Wildman–Crippen MR) is 104 cm³/mol. The number of nitrogens with two attached hydrogens (primary N) is 1. The van der Waals surface area contributed by atoms with E-state index in [1.807, 2.05) is 4.90 Å². The Morgan fingerprint density at radius 2 is 2.15 bits per heavy atom. The van der Waals surface area contributed by atoms with E-state index < -0.39 is 6.10 Å². The lowest BCUT2D eigenvalue weighted by molar-refractivity contribution is -0.0298. The van der Waals surface area contributed by atoms with E-state index in [-0.39, 0.29) is 25.1 Å². The van der Waals surface area contributed by atoms with Gasteiger partial charge >= 0.3 is 0 Å². The average Bonchev–Trinajstić information content (AvgIpc) is 3.12. The monoisotopic (exact) mass is 413 g/mol. The third-order valence-electron chi connectivity index (χ3n) is 4.22. The summed E-state index contributed by atoms with van der Waals surface area (Å²) in [5, 5.41) is 18.8. The van der Waals surface area contributed by atoms with Gasteiger partial charge in [-0.05, 0) is 12.5 Å². The normalized spacial score (nSPS) is 18.1. The van der Waals surface area contributed by atoms with E-state index in [0.29, 0.717) is 40.3 Å². The van der Waals surface area contributed by atoms with E-state index >= 15 is 0 Å². The van der Waals surface area contributed by atoms with Crippen LogP contribution in [-0.4, -0.2) is 65.9 Å². The van der Waals surface area contributed by atoms with Crippen molar-refractivity contribution in [1.29, 1.82) is 0 Å². The van der Waals surface area contributed by atoms with Gasteiger partial charge in [-0.15, -0.1) is 10.2 Å². The second kappa shape index (κ2) is 8.99. The highest BCUT2D eigenvalue weighted by molar-refractivity contribution is 6.43. The maximum absolute atomic E-state index is 9.67. The van der Waals surface area contributed by atoms with Crippen molar-refractivity contribution >= 4 is 35.0 Å². The summed E-state index contributed by atoms with van der Waals surface area (Å²) in [5.41, 5.74) is 7.06. The van der Waals surface area contributed by atoms with E-state index in [1.54, 1.807) is 18.2 Å². The molecule has 1 aliphatic rings. The first-order valence-corrected chi connectivity index (χ1v) is 9.23. The quantitative estimate of drug-likeness (QED) is 0.709. The highest BCUT2D eigenvalue weighted by Crippen LogP contribution is 2.34. The summed E-state index contributed by atoms with van der Waals surface area (Å²) < 4.78 is 10.6. The Labute approximate surface area is 167 Å². The van der Waals surface area contributed by atoms with Crippen LogP contribution in [0.5, 0.6) is 0 Å². The Bertz CT molecular complexity index is 795. The molecular weight excluding hydrogens is 393 g/mol. The van der Waals surface area contributed by atoms with Crippen LogP contribution in [0.25, 0.3) is 11.3 Å². The van der Waals surface area contributed by atoms with Crippen LogP contribution in [0, 0.1) is 0 Å². The van der Waals surface area contributed by atoms with Crippen molar-refractivity contribution in [2.24, 2.45) is 0 Å². The van der Waals surface area contributed by atoms with Crippen LogP contribution >= 0.6 is 23.2 Å². The highest BCUT2D eigenvalue weighted by Gasteiger charge is 2.27. The Morgan fingerprint density at radius 1 is 1.33 bits per heavy atom. The molecule has 1 aliphatic heterocycles. The summed E-state index contributed by atoms with van der Waals surface area (Å²) in [5.74, 6) is 0.655. The van der Waals surface area contributed by atoms with Crippen LogP contribution in [0.1, 0.15) is 6.42 Å². The Morgan fingerprint density at radius 3 is 2.89 bits per heavy atom. The number of aliphatic hydroxyl groups is 1. The average molecular weight is 414 g/mol. The van der Waals surface area contributed by atoms with E-state index in [1.165, 1.54) is 7.11 Å². The molecular formula is C17H21Cl2N5O3. The molecule has 1 saturated heterocycles. The summed E-state index contributed by atoms with van der Waals surface area (Å²) >= 11 is 12.3. The van der Waals surface area contributed by atoms with Crippen LogP contribution in [0.4, 0.5) is 11.8 Å². The standard InChI is InChI=1S/C17H21Cl2N5O3/c1-26-8-10(25)9-27-11-5-6-24(7-11)17-21-16(20)15(22-23-17)12-3-2-4-13(18)14(12)19/h2-4,10-11,25H,5-9H2,1H3,(H2,20,21,23)/t10-,11?/m1/s1. The SMILES string of the molecule is COC[C@@H](O)COC1CCN(c2nnc(-c3cccc(Cl)c3Cl)c(N)n2)C1. The van der Waals surface area contributed by atoms with Gasteiger partial charge in [-0.2, -0.15) is 4.98 Å². The molecule has 1 aromatic carbocycles. The molecule has 8 nitrogen and oxygen atoms in total. The third kappa shape index (κ3) is 4.77. The minimum atomic E-state index is -0.640. The number of hydrogen-bond donors (Lipinski definition) is 2. The van der Waals surface area contributed by atoms with E-state index in [0.717, 1.165) is 6.42 Å². The predicted octanol–water partition coefficient (Wildman–Crippen LogP) is 2.03. The molecule has 2 heterocycles. The number of aliphatic hydroxyl groups excluding tert-OH is 1. The molecule has 3 rings (SSSR count). The van der Waals surface area contributed by atoms with Crippen molar-refractivity contribution in [3.05, 3.63) is 28.2 Å². The van der Waals surface area contributed by atoms with Crippen molar-refractivity contribution in [3.63, 3.8) is 0 Å². The zero-order valence-electron chi connectivity index (χ0n) is 14.8. The largest absolute Gasteiger partial charge is 0.388 e. The third-order valence-corrected chi connectivity index (χ3v) is 5.04. The van der Waals surface area contributed by atoms with Crippen LogP contribution in [0.3, 0.4) is 0 Å².